The van der Waals surface area contributed by atoms with Gasteiger partial charge in [-0.15, -0.1) is 0 Å². The smallest absolute Gasteiger partial charge is 0.0587 e. The lowest BCUT2D eigenvalue weighted by Crippen LogP contribution is -2.49. The maximum absolute atomic E-state index is 5.86. The van der Waals surface area contributed by atoms with Gasteiger partial charge in [0.15, 0.2) is 0 Å². The Labute approximate surface area is 111 Å². The molecule has 3 saturated heterocycles. The molecular formula is C15H28N2O. The quantitative estimate of drug-likeness (QED) is 0.830. The Morgan fingerprint density at radius 2 is 1.89 bits per heavy atom. The zero-order valence-corrected chi connectivity index (χ0v) is 11.7. The predicted octanol–water partition coefficient (Wildman–Crippen LogP) is 2.16. The van der Waals surface area contributed by atoms with Crippen molar-refractivity contribution in [3.8, 4) is 0 Å². The fourth-order valence-electron chi connectivity index (χ4n) is 4.20. The van der Waals surface area contributed by atoms with Gasteiger partial charge < -0.3 is 10.1 Å². The number of nitrogens with zero attached hydrogens (tertiary/aromatic N) is 1. The first-order valence-corrected chi connectivity index (χ1v) is 7.91. The van der Waals surface area contributed by atoms with Gasteiger partial charge >= 0.3 is 0 Å². The largest absolute Gasteiger partial charge is 0.378 e. The van der Waals surface area contributed by atoms with Crippen molar-refractivity contribution in [1.29, 1.82) is 0 Å². The Hall–Kier alpha value is -0.120. The Kier molecular flexibility index (Phi) is 4.22. The summed E-state index contributed by atoms with van der Waals surface area (Å²) in [5.74, 6) is 0. The molecule has 2 bridgehead atoms. The van der Waals surface area contributed by atoms with Crippen LogP contribution >= 0.6 is 0 Å². The van der Waals surface area contributed by atoms with Crippen molar-refractivity contribution in [2.45, 2.75) is 75.6 Å². The lowest BCUT2D eigenvalue weighted by Gasteiger charge is -2.39. The molecule has 1 N–H and O–H groups in total. The van der Waals surface area contributed by atoms with Crippen LogP contribution in [-0.4, -0.2) is 49.3 Å². The molecule has 0 saturated carbocycles. The minimum atomic E-state index is 0.556. The van der Waals surface area contributed by atoms with E-state index in [0.717, 1.165) is 24.7 Å². The van der Waals surface area contributed by atoms with E-state index < -0.39 is 0 Å². The minimum Gasteiger partial charge on any atom is -0.378 e. The topological polar surface area (TPSA) is 24.5 Å². The highest BCUT2D eigenvalue weighted by atomic mass is 16.5. The molecule has 3 aliphatic heterocycles. The molecule has 0 amide bonds. The van der Waals surface area contributed by atoms with E-state index >= 15 is 0 Å². The standard InChI is InChI=1S/C15H28N2O/c1-16-12-10-13-5-6-14(11-12)17(13)8-7-15-4-2-3-9-18-15/h12-16H,2-11H2,1H3. The molecule has 3 nitrogen and oxygen atoms in total. The number of rotatable bonds is 4. The fraction of sp³-hybridized carbons (Fsp3) is 1.00. The van der Waals surface area contributed by atoms with Gasteiger partial charge in [-0.3, -0.25) is 4.90 Å². The molecular weight excluding hydrogens is 224 g/mol. The Balaban J connectivity index is 1.48. The number of hydrogen-bond donors (Lipinski definition) is 1. The van der Waals surface area contributed by atoms with E-state index in [2.05, 4.69) is 17.3 Å². The second-order valence-corrected chi connectivity index (χ2v) is 6.36. The second-order valence-electron chi connectivity index (χ2n) is 6.36. The van der Waals surface area contributed by atoms with E-state index in [4.69, 9.17) is 4.74 Å². The van der Waals surface area contributed by atoms with Crippen LogP contribution in [0.4, 0.5) is 0 Å². The summed E-state index contributed by atoms with van der Waals surface area (Å²) in [6.07, 6.45) is 11.3. The average Bonchev–Trinajstić information content (AvgIpc) is 2.66. The first-order chi connectivity index (χ1) is 8.86. The first kappa shape index (κ1) is 12.9. The summed E-state index contributed by atoms with van der Waals surface area (Å²) in [4.78, 5) is 2.80. The van der Waals surface area contributed by atoms with Crippen LogP contribution in [0.15, 0.2) is 0 Å². The lowest BCUT2D eigenvalue weighted by molar-refractivity contribution is -0.00125. The van der Waals surface area contributed by atoms with Crippen molar-refractivity contribution < 1.29 is 4.74 Å². The highest BCUT2D eigenvalue weighted by molar-refractivity contribution is 4.97. The van der Waals surface area contributed by atoms with Gasteiger partial charge in [0.2, 0.25) is 0 Å². The van der Waals surface area contributed by atoms with Crippen molar-refractivity contribution in [1.82, 2.24) is 10.2 Å². The molecule has 0 aromatic rings. The Morgan fingerprint density at radius 3 is 2.50 bits per heavy atom. The van der Waals surface area contributed by atoms with Gasteiger partial charge in [-0.2, -0.15) is 0 Å². The summed E-state index contributed by atoms with van der Waals surface area (Å²) in [5.41, 5.74) is 0. The molecule has 3 rings (SSSR count). The molecule has 0 aromatic carbocycles. The molecule has 3 atom stereocenters. The van der Waals surface area contributed by atoms with E-state index in [1.54, 1.807) is 0 Å². The number of fused-ring (bicyclic) bond motifs is 2. The van der Waals surface area contributed by atoms with Crippen LogP contribution in [0.2, 0.25) is 0 Å². The highest BCUT2D eigenvalue weighted by Crippen LogP contribution is 2.36. The van der Waals surface area contributed by atoms with Gasteiger partial charge in [0, 0.05) is 31.3 Å². The summed E-state index contributed by atoms with van der Waals surface area (Å²) in [6, 6.07) is 2.47. The summed E-state index contributed by atoms with van der Waals surface area (Å²) in [6.45, 7) is 2.27. The molecule has 0 spiro atoms. The number of nitrogens with one attached hydrogen (secondary N) is 1. The highest BCUT2D eigenvalue weighted by Gasteiger charge is 2.39. The van der Waals surface area contributed by atoms with Gasteiger partial charge in [0.25, 0.3) is 0 Å². The lowest BCUT2D eigenvalue weighted by atomic mass is 9.96. The van der Waals surface area contributed by atoms with Crippen molar-refractivity contribution >= 4 is 0 Å². The molecule has 3 heterocycles. The van der Waals surface area contributed by atoms with Gasteiger partial charge in [-0.1, -0.05) is 0 Å². The average molecular weight is 252 g/mol. The van der Waals surface area contributed by atoms with E-state index in [0.29, 0.717) is 6.10 Å². The summed E-state index contributed by atoms with van der Waals surface area (Å²) < 4.78 is 5.86. The van der Waals surface area contributed by atoms with Gasteiger partial charge in [-0.25, -0.2) is 0 Å². The van der Waals surface area contributed by atoms with Crippen molar-refractivity contribution in [3.63, 3.8) is 0 Å². The van der Waals surface area contributed by atoms with Crippen LogP contribution in [0.1, 0.15) is 51.4 Å². The number of ether oxygens (including phenoxy) is 1. The van der Waals surface area contributed by atoms with Crippen LogP contribution < -0.4 is 5.32 Å². The fourth-order valence-corrected chi connectivity index (χ4v) is 4.20. The van der Waals surface area contributed by atoms with Crippen LogP contribution in [0, 0.1) is 0 Å². The first-order valence-electron chi connectivity index (χ1n) is 7.91. The van der Waals surface area contributed by atoms with Crippen LogP contribution in [0.3, 0.4) is 0 Å². The van der Waals surface area contributed by atoms with E-state index in [1.165, 1.54) is 57.9 Å². The molecule has 3 unspecified atom stereocenters. The van der Waals surface area contributed by atoms with E-state index in [9.17, 15) is 0 Å². The molecule has 0 aliphatic carbocycles. The number of piperidine rings is 1. The third-order valence-corrected chi connectivity index (χ3v) is 5.28. The van der Waals surface area contributed by atoms with Crippen molar-refractivity contribution in [2.75, 3.05) is 20.2 Å². The normalized spacial score (nSPS) is 41.2. The molecule has 104 valence electrons. The summed E-state index contributed by atoms with van der Waals surface area (Å²) in [7, 11) is 2.12. The molecule has 0 radical (unpaired) electrons. The maximum atomic E-state index is 5.86. The zero-order chi connectivity index (χ0) is 12.4. The molecule has 0 aromatic heterocycles. The van der Waals surface area contributed by atoms with E-state index in [1.807, 2.05) is 0 Å². The molecule has 3 heteroatoms. The third-order valence-electron chi connectivity index (χ3n) is 5.28. The van der Waals surface area contributed by atoms with Gasteiger partial charge in [0.05, 0.1) is 6.10 Å². The molecule has 18 heavy (non-hydrogen) atoms. The maximum Gasteiger partial charge on any atom is 0.0587 e. The monoisotopic (exact) mass is 252 g/mol. The predicted molar refractivity (Wildman–Crippen MR) is 73.8 cm³/mol. The van der Waals surface area contributed by atoms with Crippen LogP contribution in [-0.2, 0) is 4.74 Å². The summed E-state index contributed by atoms with van der Waals surface area (Å²) >= 11 is 0. The number of hydrogen-bond acceptors (Lipinski definition) is 3. The summed E-state index contributed by atoms with van der Waals surface area (Å²) in [5, 5.41) is 3.48. The zero-order valence-electron chi connectivity index (χ0n) is 11.7. The second kappa shape index (κ2) is 5.89. The Morgan fingerprint density at radius 1 is 1.11 bits per heavy atom. The Bertz CT molecular complexity index is 251. The SMILES string of the molecule is CNC1CC2CCC(C1)N2CCC1CCCCO1. The minimum absolute atomic E-state index is 0.556. The molecule has 3 aliphatic rings. The van der Waals surface area contributed by atoms with E-state index in [-0.39, 0.29) is 0 Å². The van der Waals surface area contributed by atoms with Crippen molar-refractivity contribution in [2.24, 2.45) is 0 Å². The van der Waals surface area contributed by atoms with Gasteiger partial charge in [0.1, 0.15) is 0 Å². The van der Waals surface area contributed by atoms with Crippen LogP contribution in [0.5, 0.6) is 0 Å². The molecule has 3 fully saturated rings. The van der Waals surface area contributed by atoms with Crippen molar-refractivity contribution in [3.05, 3.63) is 0 Å². The van der Waals surface area contributed by atoms with Gasteiger partial charge in [-0.05, 0) is 58.4 Å². The van der Waals surface area contributed by atoms with Crippen LogP contribution in [0.25, 0.3) is 0 Å². The third kappa shape index (κ3) is 2.73.